The van der Waals surface area contributed by atoms with Gasteiger partial charge in [0.2, 0.25) is 0 Å². The summed E-state index contributed by atoms with van der Waals surface area (Å²) in [5.74, 6) is 0.752. The van der Waals surface area contributed by atoms with E-state index < -0.39 is 0 Å². The second kappa shape index (κ2) is 4.21. The first-order valence-electron chi connectivity index (χ1n) is 6.61. The molecule has 2 heterocycles. The summed E-state index contributed by atoms with van der Waals surface area (Å²) in [6, 6.07) is 0. The zero-order valence-electron chi connectivity index (χ0n) is 10.1. The maximum Gasteiger partial charge on any atom is 0.0691 e. The fraction of sp³-hybridized carbons (Fsp3) is 0.769. The molecule has 3 rings (SSSR count). The minimum Gasteiger partial charge on any atom is -0.311 e. The molecular weight excluding hydrogens is 198 g/mol. The molecule has 1 aliphatic heterocycles. The molecule has 16 heavy (non-hydrogen) atoms. The Morgan fingerprint density at radius 3 is 2.88 bits per heavy atom. The van der Waals surface area contributed by atoms with Crippen LogP contribution < -0.4 is 5.32 Å². The number of aryl methyl sites for hydroxylation is 1. The highest BCUT2D eigenvalue weighted by Crippen LogP contribution is 2.35. The standard InChI is InChI=1S/C13H21N3/c1-16-12-9-14-8-7-11(12)13(15-16)10-5-3-2-4-6-10/h10,14H,2-9H2,1H3. The van der Waals surface area contributed by atoms with Gasteiger partial charge >= 0.3 is 0 Å². The molecule has 0 bridgehead atoms. The molecule has 3 heteroatoms. The molecule has 2 aliphatic rings. The number of rotatable bonds is 1. The second-order valence-electron chi connectivity index (χ2n) is 5.20. The van der Waals surface area contributed by atoms with Crippen molar-refractivity contribution in [2.75, 3.05) is 6.54 Å². The maximum atomic E-state index is 4.79. The summed E-state index contributed by atoms with van der Waals surface area (Å²) < 4.78 is 2.10. The number of aromatic nitrogens is 2. The zero-order chi connectivity index (χ0) is 11.0. The summed E-state index contributed by atoms with van der Waals surface area (Å²) in [6.45, 7) is 2.13. The van der Waals surface area contributed by atoms with Crippen LogP contribution in [0.2, 0.25) is 0 Å². The van der Waals surface area contributed by atoms with Crippen LogP contribution in [0.1, 0.15) is 55.0 Å². The third-order valence-electron chi connectivity index (χ3n) is 4.14. The Morgan fingerprint density at radius 1 is 1.25 bits per heavy atom. The average Bonchev–Trinajstić information content (AvgIpc) is 2.69. The van der Waals surface area contributed by atoms with E-state index in [1.165, 1.54) is 49.9 Å². The van der Waals surface area contributed by atoms with Crippen molar-refractivity contribution in [3.8, 4) is 0 Å². The molecule has 0 amide bonds. The SMILES string of the molecule is Cn1nc(C2CCCCC2)c2c1CNCC2. The van der Waals surface area contributed by atoms with Crippen molar-refractivity contribution in [2.45, 2.75) is 51.0 Å². The Labute approximate surface area is 97.2 Å². The summed E-state index contributed by atoms with van der Waals surface area (Å²) in [5.41, 5.74) is 4.42. The van der Waals surface area contributed by atoms with E-state index >= 15 is 0 Å². The predicted octanol–water partition coefficient (Wildman–Crippen LogP) is 2.11. The molecule has 1 aliphatic carbocycles. The Morgan fingerprint density at radius 2 is 2.06 bits per heavy atom. The Hall–Kier alpha value is -0.830. The highest BCUT2D eigenvalue weighted by molar-refractivity contribution is 5.31. The second-order valence-corrected chi connectivity index (χ2v) is 5.20. The van der Waals surface area contributed by atoms with Crippen LogP contribution in [0.25, 0.3) is 0 Å². The van der Waals surface area contributed by atoms with E-state index in [-0.39, 0.29) is 0 Å². The number of hydrogen-bond acceptors (Lipinski definition) is 2. The first kappa shape index (κ1) is 10.3. The van der Waals surface area contributed by atoms with E-state index in [2.05, 4.69) is 17.0 Å². The lowest BCUT2D eigenvalue weighted by molar-refractivity contribution is 0.431. The van der Waals surface area contributed by atoms with Crippen molar-refractivity contribution in [2.24, 2.45) is 7.05 Å². The largest absolute Gasteiger partial charge is 0.311 e. The van der Waals surface area contributed by atoms with Gasteiger partial charge in [-0.2, -0.15) is 5.10 Å². The predicted molar refractivity (Wildman–Crippen MR) is 64.4 cm³/mol. The zero-order valence-corrected chi connectivity index (χ0v) is 10.1. The van der Waals surface area contributed by atoms with E-state index in [0.717, 1.165) is 19.0 Å². The molecular formula is C13H21N3. The van der Waals surface area contributed by atoms with E-state index in [4.69, 9.17) is 5.10 Å². The minimum atomic E-state index is 0.752. The average molecular weight is 219 g/mol. The summed E-state index contributed by atoms with van der Waals surface area (Å²) in [5, 5.41) is 8.23. The molecule has 0 saturated heterocycles. The molecule has 88 valence electrons. The van der Waals surface area contributed by atoms with Crippen LogP contribution >= 0.6 is 0 Å². The van der Waals surface area contributed by atoms with Crippen LogP contribution in [0.4, 0.5) is 0 Å². The fourth-order valence-electron chi connectivity index (χ4n) is 3.24. The van der Waals surface area contributed by atoms with Crippen LogP contribution in [0.5, 0.6) is 0 Å². The van der Waals surface area contributed by atoms with Crippen LogP contribution in [0.3, 0.4) is 0 Å². The molecule has 1 aromatic heterocycles. The highest BCUT2D eigenvalue weighted by Gasteiger charge is 2.25. The van der Waals surface area contributed by atoms with Crippen molar-refractivity contribution in [1.29, 1.82) is 0 Å². The van der Waals surface area contributed by atoms with E-state index in [9.17, 15) is 0 Å². The van der Waals surface area contributed by atoms with Crippen molar-refractivity contribution in [3.05, 3.63) is 17.0 Å². The molecule has 1 fully saturated rings. The Balaban J connectivity index is 1.93. The third kappa shape index (κ3) is 1.67. The van der Waals surface area contributed by atoms with Gasteiger partial charge in [0.1, 0.15) is 0 Å². The molecule has 0 atom stereocenters. The number of hydrogen-bond donors (Lipinski definition) is 1. The van der Waals surface area contributed by atoms with Crippen molar-refractivity contribution in [1.82, 2.24) is 15.1 Å². The van der Waals surface area contributed by atoms with Gasteiger partial charge in [-0.25, -0.2) is 0 Å². The van der Waals surface area contributed by atoms with Gasteiger partial charge in [-0.15, -0.1) is 0 Å². The van der Waals surface area contributed by atoms with Gasteiger partial charge in [0.15, 0.2) is 0 Å². The minimum absolute atomic E-state index is 0.752. The summed E-state index contributed by atoms with van der Waals surface area (Å²) in [6.07, 6.45) is 8.11. The lowest BCUT2D eigenvalue weighted by atomic mass is 9.84. The number of nitrogens with one attached hydrogen (secondary N) is 1. The van der Waals surface area contributed by atoms with E-state index in [0.29, 0.717) is 0 Å². The molecule has 0 aromatic carbocycles. The fourth-order valence-corrected chi connectivity index (χ4v) is 3.24. The summed E-state index contributed by atoms with van der Waals surface area (Å²) in [7, 11) is 2.10. The van der Waals surface area contributed by atoms with Gasteiger partial charge in [-0.05, 0) is 31.4 Å². The highest BCUT2D eigenvalue weighted by atomic mass is 15.3. The lowest BCUT2D eigenvalue weighted by Crippen LogP contribution is -2.25. The number of nitrogens with zero attached hydrogens (tertiary/aromatic N) is 2. The van der Waals surface area contributed by atoms with Crippen LogP contribution in [0.15, 0.2) is 0 Å². The molecule has 1 N–H and O–H groups in total. The Kier molecular flexibility index (Phi) is 2.72. The first-order chi connectivity index (χ1) is 7.86. The van der Waals surface area contributed by atoms with Crippen molar-refractivity contribution < 1.29 is 0 Å². The van der Waals surface area contributed by atoms with Crippen molar-refractivity contribution in [3.63, 3.8) is 0 Å². The Bertz CT molecular complexity index is 375. The smallest absolute Gasteiger partial charge is 0.0691 e. The van der Waals surface area contributed by atoms with Gasteiger partial charge in [0.05, 0.1) is 11.4 Å². The van der Waals surface area contributed by atoms with Gasteiger partial charge in [0, 0.05) is 19.5 Å². The summed E-state index contributed by atoms with van der Waals surface area (Å²) in [4.78, 5) is 0. The van der Waals surface area contributed by atoms with E-state index in [1.807, 2.05) is 0 Å². The monoisotopic (exact) mass is 219 g/mol. The van der Waals surface area contributed by atoms with Gasteiger partial charge in [0.25, 0.3) is 0 Å². The molecule has 0 unspecified atom stereocenters. The molecule has 3 nitrogen and oxygen atoms in total. The molecule has 0 spiro atoms. The molecule has 0 radical (unpaired) electrons. The van der Waals surface area contributed by atoms with Gasteiger partial charge in [-0.1, -0.05) is 19.3 Å². The first-order valence-corrected chi connectivity index (χ1v) is 6.61. The normalized spacial score (nSPS) is 22.1. The lowest BCUT2D eigenvalue weighted by Gasteiger charge is -2.22. The van der Waals surface area contributed by atoms with Crippen LogP contribution in [-0.4, -0.2) is 16.3 Å². The molecule has 1 aromatic rings. The third-order valence-corrected chi connectivity index (χ3v) is 4.14. The number of fused-ring (bicyclic) bond motifs is 1. The quantitative estimate of drug-likeness (QED) is 0.784. The maximum absolute atomic E-state index is 4.79. The van der Waals surface area contributed by atoms with Gasteiger partial charge in [-0.3, -0.25) is 4.68 Å². The molecule has 1 saturated carbocycles. The van der Waals surface area contributed by atoms with E-state index in [1.54, 1.807) is 5.56 Å². The summed E-state index contributed by atoms with van der Waals surface area (Å²) >= 11 is 0. The van der Waals surface area contributed by atoms with Crippen LogP contribution in [-0.2, 0) is 20.0 Å². The topological polar surface area (TPSA) is 29.9 Å². The van der Waals surface area contributed by atoms with Gasteiger partial charge < -0.3 is 5.32 Å². The van der Waals surface area contributed by atoms with Crippen LogP contribution in [0, 0.1) is 0 Å². The van der Waals surface area contributed by atoms with Crippen molar-refractivity contribution >= 4 is 0 Å².